The van der Waals surface area contributed by atoms with E-state index in [0.717, 1.165) is 9.35 Å². The van der Waals surface area contributed by atoms with Crippen molar-refractivity contribution >= 4 is 45.2 Å². The minimum absolute atomic E-state index is 0.249. The summed E-state index contributed by atoms with van der Waals surface area (Å²) in [6, 6.07) is 1.94. The van der Waals surface area contributed by atoms with Crippen LogP contribution in [-0.2, 0) is 9.53 Å². The molecule has 17 heavy (non-hydrogen) atoms. The molecule has 0 radical (unpaired) electrons. The van der Waals surface area contributed by atoms with E-state index in [1.807, 2.05) is 32.2 Å². The normalized spacial score (nSPS) is 18.5. The molecule has 90 valence electrons. The Bertz CT molecular complexity index is 523. The van der Waals surface area contributed by atoms with Crippen LogP contribution in [-0.4, -0.2) is 11.9 Å². The molecular weight excluding hydrogens is 302 g/mol. The Labute approximate surface area is 112 Å². The van der Waals surface area contributed by atoms with E-state index >= 15 is 0 Å². The van der Waals surface area contributed by atoms with Crippen molar-refractivity contribution < 1.29 is 9.53 Å². The van der Waals surface area contributed by atoms with Crippen LogP contribution >= 0.6 is 27.3 Å². The second-order valence-electron chi connectivity index (χ2n) is 4.75. The van der Waals surface area contributed by atoms with E-state index in [4.69, 9.17) is 4.74 Å². The Kier molecular flexibility index (Phi) is 3.23. The second kappa shape index (κ2) is 4.38. The number of hydrogen-bond acceptors (Lipinski definition) is 4. The summed E-state index contributed by atoms with van der Waals surface area (Å²) in [5.74, 6) is 0.101. The van der Waals surface area contributed by atoms with Crippen molar-refractivity contribution in [1.82, 2.24) is 0 Å². The zero-order chi connectivity index (χ0) is 12.6. The van der Waals surface area contributed by atoms with Crippen LogP contribution in [0.4, 0.5) is 0 Å². The van der Waals surface area contributed by atoms with Crippen molar-refractivity contribution in [2.24, 2.45) is 10.4 Å². The summed E-state index contributed by atoms with van der Waals surface area (Å²) in [6.07, 6.45) is 1.75. The lowest BCUT2D eigenvalue weighted by Crippen LogP contribution is -2.21. The fourth-order valence-corrected chi connectivity index (χ4v) is 2.64. The number of ether oxygens (including phenoxy) is 1. The van der Waals surface area contributed by atoms with Gasteiger partial charge in [0, 0.05) is 20.1 Å². The molecule has 1 aromatic heterocycles. The fourth-order valence-electron chi connectivity index (χ4n) is 1.27. The van der Waals surface area contributed by atoms with E-state index in [0.29, 0.717) is 11.6 Å². The van der Waals surface area contributed by atoms with Crippen LogP contribution in [0.2, 0.25) is 0 Å². The van der Waals surface area contributed by atoms with Gasteiger partial charge in [-0.2, -0.15) is 0 Å². The topological polar surface area (TPSA) is 38.7 Å². The van der Waals surface area contributed by atoms with Gasteiger partial charge < -0.3 is 4.74 Å². The van der Waals surface area contributed by atoms with Gasteiger partial charge in [-0.25, -0.2) is 9.79 Å². The van der Waals surface area contributed by atoms with Crippen LogP contribution in [0.25, 0.3) is 6.08 Å². The molecule has 0 amide bonds. The second-order valence-corrected chi connectivity index (χ2v) is 6.61. The molecule has 0 saturated carbocycles. The standard InChI is InChI=1S/C12H12BrNO2S/c1-12(2,3)11-14-9(10(15)16-11)5-8-4-7(13)6-17-8/h4-6H,1-3H3/b9-5-. The summed E-state index contributed by atoms with van der Waals surface area (Å²) in [5, 5.41) is 1.96. The molecule has 1 aromatic rings. The van der Waals surface area contributed by atoms with Crippen LogP contribution < -0.4 is 0 Å². The molecule has 0 N–H and O–H groups in total. The van der Waals surface area contributed by atoms with Gasteiger partial charge in [0.05, 0.1) is 0 Å². The van der Waals surface area contributed by atoms with E-state index < -0.39 is 0 Å². The molecule has 1 aliphatic heterocycles. The Hall–Kier alpha value is -0.940. The molecule has 1 aliphatic rings. The van der Waals surface area contributed by atoms with Crippen LogP contribution in [0.5, 0.6) is 0 Å². The molecule has 0 bridgehead atoms. The fraction of sp³-hybridized carbons (Fsp3) is 0.333. The van der Waals surface area contributed by atoms with Gasteiger partial charge in [-0.05, 0) is 28.1 Å². The molecular formula is C12H12BrNO2S. The molecule has 0 spiro atoms. The number of nitrogens with zero attached hydrogens (tertiary/aromatic N) is 1. The molecule has 0 unspecified atom stereocenters. The third-order valence-corrected chi connectivity index (χ3v) is 3.77. The average Bonchev–Trinajstić information content (AvgIpc) is 2.74. The molecule has 0 aliphatic carbocycles. The van der Waals surface area contributed by atoms with Gasteiger partial charge in [0.1, 0.15) is 0 Å². The lowest BCUT2D eigenvalue weighted by atomic mass is 9.97. The van der Waals surface area contributed by atoms with Gasteiger partial charge >= 0.3 is 5.97 Å². The number of rotatable bonds is 1. The van der Waals surface area contributed by atoms with Crippen LogP contribution in [0, 0.1) is 5.41 Å². The van der Waals surface area contributed by atoms with Crippen molar-refractivity contribution in [3.05, 3.63) is 26.5 Å². The Balaban J connectivity index is 2.31. The van der Waals surface area contributed by atoms with E-state index in [2.05, 4.69) is 20.9 Å². The van der Waals surface area contributed by atoms with E-state index in [1.54, 1.807) is 17.4 Å². The van der Waals surface area contributed by atoms with Crippen molar-refractivity contribution in [3.63, 3.8) is 0 Å². The highest BCUT2D eigenvalue weighted by atomic mass is 79.9. The zero-order valence-electron chi connectivity index (χ0n) is 9.78. The number of carbonyl (C=O) groups is 1. The quantitative estimate of drug-likeness (QED) is 0.583. The summed E-state index contributed by atoms with van der Waals surface area (Å²) >= 11 is 4.92. The first-order valence-corrected chi connectivity index (χ1v) is 6.80. The lowest BCUT2D eigenvalue weighted by molar-refractivity contribution is -0.130. The third kappa shape index (κ3) is 2.84. The van der Waals surface area contributed by atoms with Crippen molar-refractivity contribution in [1.29, 1.82) is 0 Å². The van der Waals surface area contributed by atoms with Gasteiger partial charge in [0.25, 0.3) is 0 Å². The first-order chi connectivity index (χ1) is 7.86. The van der Waals surface area contributed by atoms with E-state index in [9.17, 15) is 4.79 Å². The van der Waals surface area contributed by atoms with Gasteiger partial charge in [-0.15, -0.1) is 11.3 Å². The molecule has 0 fully saturated rings. The maximum Gasteiger partial charge on any atom is 0.363 e. The predicted octanol–water partition coefficient (Wildman–Crippen LogP) is 3.85. The predicted molar refractivity (Wildman–Crippen MR) is 73.0 cm³/mol. The summed E-state index contributed by atoms with van der Waals surface area (Å²) in [4.78, 5) is 16.8. The van der Waals surface area contributed by atoms with Crippen molar-refractivity contribution in [2.75, 3.05) is 0 Å². The largest absolute Gasteiger partial charge is 0.406 e. The zero-order valence-corrected chi connectivity index (χ0v) is 12.2. The van der Waals surface area contributed by atoms with E-state index in [1.165, 1.54) is 0 Å². The molecule has 0 aromatic carbocycles. The number of thiophene rings is 1. The van der Waals surface area contributed by atoms with Crippen LogP contribution in [0.15, 0.2) is 26.6 Å². The Morgan fingerprint density at radius 1 is 1.47 bits per heavy atom. The molecule has 0 atom stereocenters. The van der Waals surface area contributed by atoms with Crippen molar-refractivity contribution in [3.8, 4) is 0 Å². The summed E-state index contributed by atoms with van der Waals surface area (Å²) < 4.78 is 6.15. The Morgan fingerprint density at radius 2 is 2.18 bits per heavy atom. The number of halogens is 1. The first-order valence-electron chi connectivity index (χ1n) is 5.13. The van der Waals surface area contributed by atoms with Crippen LogP contribution in [0.1, 0.15) is 25.6 Å². The minimum Gasteiger partial charge on any atom is -0.406 e. The first kappa shape index (κ1) is 12.5. The Morgan fingerprint density at radius 3 is 2.65 bits per heavy atom. The lowest BCUT2D eigenvalue weighted by Gasteiger charge is -2.15. The average molecular weight is 314 g/mol. The molecule has 5 heteroatoms. The van der Waals surface area contributed by atoms with Gasteiger partial charge in [-0.1, -0.05) is 20.8 Å². The highest BCUT2D eigenvalue weighted by Gasteiger charge is 2.31. The number of carbonyl (C=O) groups excluding carboxylic acids is 1. The minimum atomic E-state index is -0.376. The molecule has 0 saturated heterocycles. The smallest absolute Gasteiger partial charge is 0.363 e. The SMILES string of the molecule is CC(C)(C)C1=N/C(=C\c2cc(Br)cs2)C(=O)O1. The number of aliphatic imine (C=N–C) groups is 1. The van der Waals surface area contributed by atoms with Gasteiger partial charge in [0.2, 0.25) is 5.90 Å². The monoisotopic (exact) mass is 313 g/mol. The van der Waals surface area contributed by atoms with Gasteiger partial charge in [-0.3, -0.25) is 0 Å². The van der Waals surface area contributed by atoms with E-state index in [-0.39, 0.29) is 11.4 Å². The number of hydrogen-bond donors (Lipinski definition) is 0. The van der Waals surface area contributed by atoms with Crippen molar-refractivity contribution in [2.45, 2.75) is 20.8 Å². The van der Waals surface area contributed by atoms with Crippen LogP contribution in [0.3, 0.4) is 0 Å². The maximum atomic E-state index is 11.6. The third-order valence-electron chi connectivity index (χ3n) is 2.13. The molecule has 2 heterocycles. The summed E-state index contributed by atoms with van der Waals surface area (Å²) in [5.41, 5.74) is 0.116. The highest BCUT2D eigenvalue weighted by Crippen LogP contribution is 2.27. The highest BCUT2D eigenvalue weighted by molar-refractivity contribution is 9.10. The van der Waals surface area contributed by atoms with Gasteiger partial charge in [0.15, 0.2) is 5.70 Å². The maximum absolute atomic E-state index is 11.6. The molecule has 3 nitrogen and oxygen atoms in total. The molecule has 2 rings (SSSR count). The number of cyclic esters (lactones) is 1. The summed E-state index contributed by atoms with van der Waals surface area (Å²) in [6.45, 7) is 5.89. The summed E-state index contributed by atoms with van der Waals surface area (Å²) in [7, 11) is 0. The number of esters is 1.